The van der Waals surface area contributed by atoms with Crippen LogP contribution in [0.3, 0.4) is 0 Å². The number of hydrogen-bond acceptors (Lipinski definition) is 4. The van der Waals surface area contributed by atoms with Gasteiger partial charge in [0.1, 0.15) is 11.8 Å². The van der Waals surface area contributed by atoms with Gasteiger partial charge in [-0.3, -0.25) is 9.59 Å². The van der Waals surface area contributed by atoms with Crippen molar-refractivity contribution in [2.75, 3.05) is 25.7 Å². The summed E-state index contributed by atoms with van der Waals surface area (Å²) in [7, 11) is 1.53. The number of hydrogen-bond donors (Lipinski definition) is 2. The average Bonchev–Trinajstić information content (AvgIpc) is 2.71. The van der Waals surface area contributed by atoms with Crippen LogP contribution in [-0.2, 0) is 4.79 Å². The largest absolute Gasteiger partial charge is 0.496 e. The first-order valence-corrected chi connectivity index (χ1v) is 10.9. The van der Waals surface area contributed by atoms with Gasteiger partial charge in [-0.25, -0.2) is 0 Å². The molecule has 1 aliphatic carbocycles. The summed E-state index contributed by atoms with van der Waals surface area (Å²) in [5.74, 6) is 0.894. The average molecular weight is 391 g/mol. The Morgan fingerprint density at radius 2 is 2.07 bits per heavy atom. The summed E-state index contributed by atoms with van der Waals surface area (Å²) in [5, 5.41) is 5.86. The SMILES string of the molecule is COc1ccccc1C(=O)NC(CCSC)C(=O)NCCC1=CCCCC1. The summed E-state index contributed by atoms with van der Waals surface area (Å²) in [4.78, 5) is 25.3. The fraction of sp³-hybridized carbons (Fsp3) is 0.524. The van der Waals surface area contributed by atoms with E-state index in [0.29, 0.717) is 24.3 Å². The number of ether oxygens (including phenoxy) is 1. The van der Waals surface area contributed by atoms with Crippen LogP contribution in [0.4, 0.5) is 0 Å². The molecule has 0 fully saturated rings. The molecular weight excluding hydrogens is 360 g/mol. The van der Waals surface area contributed by atoms with Crippen molar-refractivity contribution in [2.45, 2.75) is 44.6 Å². The first-order valence-electron chi connectivity index (χ1n) is 9.54. The highest BCUT2D eigenvalue weighted by Crippen LogP contribution is 2.20. The second-order valence-electron chi connectivity index (χ2n) is 6.66. The normalized spacial score (nSPS) is 14.8. The summed E-state index contributed by atoms with van der Waals surface area (Å²) in [5.41, 5.74) is 1.87. The molecule has 6 heteroatoms. The number of amides is 2. The topological polar surface area (TPSA) is 67.4 Å². The van der Waals surface area contributed by atoms with E-state index in [0.717, 1.165) is 25.0 Å². The zero-order chi connectivity index (χ0) is 19.5. The van der Waals surface area contributed by atoms with Crippen molar-refractivity contribution in [3.8, 4) is 5.75 Å². The molecule has 0 aliphatic heterocycles. The molecule has 0 spiro atoms. The minimum absolute atomic E-state index is 0.122. The van der Waals surface area contributed by atoms with Crippen LogP contribution in [0.15, 0.2) is 35.9 Å². The van der Waals surface area contributed by atoms with Crippen LogP contribution >= 0.6 is 11.8 Å². The first-order chi connectivity index (χ1) is 13.2. The smallest absolute Gasteiger partial charge is 0.255 e. The van der Waals surface area contributed by atoms with Gasteiger partial charge in [-0.1, -0.05) is 23.8 Å². The Morgan fingerprint density at radius 1 is 1.26 bits per heavy atom. The molecule has 27 heavy (non-hydrogen) atoms. The molecule has 1 aliphatic rings. The summed E-state index contributed by atoms with van der Waals surface area (Å²) < 4.78 is 5.25. The number of benzene rings is 1. The van der Waals surface area contributed by atoms with Gasteiger partial charge in [-0.15, -0.1) is 0 Å². The molecular formula is C21H30N2O3S. The summed E-state index contributed by atoms with van der Waals surface area (Å²) >= 11 is 1.66. The van der Waals surface area contributed by atoms with Crippen molar-refractivity contribution in [3.05, 3.63) is 41.5 Å². The van der Waals surface area contributed by atoms with E-state index in [4.69, 9.17) is 4.74 Å². The highest BCUT2D eigenvalue weighted by molar-refractivity contribution is 7.98. The number of methoxy groups -OCH3 is 1. The monoisotopic (exact) mass is 390 g/mol. The maximum absolute atomic E-state index is 12.6. The molecule has 0 aromatic heterocycles. The molecule has 0 heterocycles. The predicted octanol–water partition coefficient (Wildman–Crippen LogP) is 3.55. The maximum Gasteiger partial charge on any atom is 0.255 e. The van der Waals surface area contributed by atoms with E-state index >= 15 is 0 Å². The third-order valence-corrected chi connectivity index (χ3v) is 5.36. The molecule has 5 nitrogen and oxygen atoms in total. The van der Waals surface area contributed by atoms with E-state index in [1.807, 2.05) is 12.3 Å². The second-order valence-corrected chi connectivity index (χ2v) is 7.64. The first kappa shape index (κ1) is 21.4. The fourth-order valence-corrected chi connectivity index (χ4v) is 3.65. The van der Waals surface area contributed by atoms with Crippen LogP contribution in [0.2, 0.25) is 0 Å². The number of rotatable bonds is 10. The fourth-order valence-electron chi connectivity index (χ4n) is 3.17. The summed E-state index contributed by atoms with van der Waals surface area (Å²) in [6, 6.07) is 6.49. The second kappa shape index (κ2) is 11.7. The molecule has 1 unspecified atom stereocenters. The van der Waals surface area contributed by atoms with Crippen molar-refractivity contribution in [1.29, 1.82) is 0 Å². The van der Waals surface area contributed by atoms with Crippen molar-refractivity contribution >= 4 is 23.6 Å². The van der Waals surface area contributed by atoms with E-state index in [9.17, 15) is 9.59 Å². The molecule has 148 valence electrons. The van der Waals surface area contributed by atoms with Crippen LogP contribution in [0.25, 0.3) is 0 Å². The number of para-hydroxylation sites is 1. The van der Waals surface area contributed by atoms with E-state index in [1.54, 1.807) is 30.0 Å². The molecule has 0 radical (unpaired) electrons. The van der Waals surface area contributed by atoms with E-state index in [1.165, 1.54) is 25.5 Å². The molecule has 1 aromatic rings. The van der Waals surface area contributed by atoms with Crippen LogP contribution in [0.1, 0.15) is 48.9 Å². The van der Waals surface area contributed by atoms with E-state index in [-0.39, 0.29) is 11.8 Å². The predicted molar refractivity (Wildman–Crippen MR) is 111 cm³/mol. The Bertz CT molecular complexity index is 661. The Balaban J connectivity index is 1.93. The number of nitrogens with one attached hydrogen (secondary N) is 2. The molecule has 2 N–H and O–H groups in total. The third-order valence-electron chi connectivity index (χ3n) is 4.71. The Hall–Kier alpha value is -1.95. The number of thioether (sulfide) groups is 1. The quantitative estimate of drug-likeness (QED) is 0.600. The van der Waals surface area contributed by atoms with Crippen molar-refractivity contribution < 1.29 is 14.3 Å². The molecule has 1 atom stereocenters. The zero-order valence-corrected chi connectivity index (χ0v) is 17.1. The standard InChI is InChI=1S/C21H30N2O3S/c1-26-19-11-7-6-10-17(19)20(24)23-18(13-15-27-2)21(25)22-14-12-16-8-4-3-5-9-16/h6-8,10-11,18H,3-5,9,12-15H2,1-2H3,(H,22,25)(H,23,24). The lowest BCUT2D eigenvalue weighted by Gasteiger charge is -2.19. The van der Waals surface area contributed by atoms with Crippen LogP contribution in [0, 0.1) is 0 Å². The molecule has 0 saturated heterocycles. The molecule has 2 amide bonds. The van der Waals surface area contributed by atoms with Gasteiger partial charge in [-0.05, 0) is 62.7 Å². The lowest BCUT2D eigenvalue weighted by atomic mass is 9.97. The van der Waals surface area contributed by atoms with Crippen molar-refractivity contribution in [3.63, 3.8) is 0 Å². The highest BCUT2D eigenvalue weighted by Gasteiger charge is 2.22. The maximum atomic E-state index is 12.6. The minimum atomic E-state index is -0.546. The third kappa shape index (κ3) is 6.94. The number of allylic oxidation sites excluding steroid dienone is 1. The van der Waals surface area contributed by atoms with Gasteiger partial charge in [-0.2, -0.15) is 11.8 Å². The number of carbonyl (C=O) groups excluding carboxylic acids is 2. The van der Waals surface area contributed by atoms with Crippen molar-refractivity contribution in [2.24, 2.45) is 0 Å². The van der Waals surface area contributed by atoms with Gasteiger partial charge < -0.3 is 15.4 Å². The summed E-state index contributed by atoms with van der Waals surface area (Å²) in [6.07, 6.45) is 10.6. The van der Waals surface area contributed by atoms with Gasteiger partial charge in [0.05, 0.1) is 12.7 Å². The Labute approximate surface area is 166 Å². The minimum Gasteiger partial charge on any atom is -0.496 e. The molecule has 1 aromatic carbocycles. The van der Waals surface area contributed by atoms with E-state index in [2.05, 4.69) is 16.7 Å². The van der Waals surface area contributed by atoms with Gasteiger partial charge in [0.2, 0.25) is 5.91 Å². The van der Waals surface area contributed by atoms with Gasteiger partial charge in [0, 0.05) is 6.54 Å². The Morgan fingerprint density at radius 3 is 2.78 bits per heavy atom. The van der Waals surface area contributed by atoms with Crippen LogP contribution < -0.4 is 15.4 Å². The highest BCUT2D eigenvalue weighted by atomic mass is 32.2. The lowest BCUT2D eigenvalue weighted by molar-refractivity contribution is -0.122. The summed E-state index contributed by atoms with van der Waals surface area (Å²) in [6.45, 7) is 0.616. The van der Waals surface area contributed by atoms with Gasteiger partial charge in [0.15, 0.2) is 0 Å². The van der Waals surface area contributed by atoms with Crippen molar-refractivity contribution in [1.82, 2.24) is 10.6 Å². The van der Waals surface area contributed by atoms with Crippen LogP contribution in [0.5, 0.6) is 5.75 Å². The van der Waals surface area contributed by atoms with Gasteiger partial charge in [0.25, 0.3) is 5.91 Å². The lowest BCUT2D eigenvalue weighted by Crippen LogP contribution is -2.47. The Kier molecular flexibility index (Phi) is 9.25. The molecule has 2 rings (SSSR count). The van der Waals surface area contributed by atoms with Gasteiger partial charge >= 0.3 is 0 Å². The molecule has 0 bridgehead atoms. The van der Waals surface area contributed by atoms with Crippen LogP contribution in [-0.4, -0.2) is 43.5 Å². The molecule has 0 saturated carbocycles. The van der Waals surface area contributed by atoms with E-state index < -0.39 is 6.04 Å². The zero-order valence-electron chi connectivity index (χ0n) is 16.3. The number of carbonyl (C=O) groups is 2.